The van der Waals surface area contributed by atoms with E-state index in [1.54, 1.807) is 6.92 Å². The molecule has 0 spiro atoms. The highest BCUT2D eigenvalue weighted by Crippen LogP contribution is 2.26. The first-order chi connectivity index (χ1) is 8.42. The number of aliphatic hydroxyl groups is 1. The Kier molecular flexibility index (Phi) is 3.45. The largest absolute Gasteiger partial charge is 0.385 e. The second kappa shape index (κ2) is 4.74. The van der Waals surface area contributed by atoms with Crippen molar-refractivity contribution in [3.63, 3.8) is 0 Å². The lowest BCUT2D eigenvalue weighted by Crippen LogP contribution is -2.43. The third kappa shape index (κ3) is 2.41. The summed E-state index contributed by atoms with van der Waals surface area (Å²) in [6, 6.07) is 0.406. The number of halogens is 3. The highest BCUT2D eigenvalue weighted by Gasteiger charge is 2.39. The van der Waals surface area contributed by atoms with E-state index >= 15 is 0 Å². The topological polar surface area (TPSA) is 54.4 Å². The molecule has 0 amide bonds. The van der Waals surface area contributed by atoms with E-state index in [0.717, 1.165) is 0 Å². The molecule has 4 nitrogen and oxygen atoms in total. The van der Waals surface area contributed by atoms with Gasteiger partial charge in [0.05, 0.1) is 6.10 Å². The molecule has 1 aromatic heterocycles. The Morgan fingerprint density at radius 1 is 1.50 bits per heavy atom. The molecule has 2 N–H and O–H groups in total. The van der Waals surface area contributed by atoms with Crippen LogP contribution in [0.4, 0.5) is 19.0 Å². The Morgan fingerprint density at radius 2 is 2.22 bits per heavy atom. The summed E-state index contributed by atoms with van der Waals surface area (Å²) in [5.41, 5.74) is -1.17. The second-order valence-corrected chi connectivity index (χ2v) is 4.31. The van der Waals surface area contributed by atoms with Crippen molar-refractivity contribution >= 4 is 5.82 Å². The van der Waals surface area contributed by atoms with Gasteiger partial charge in [-0.1, -0.05) is 0 Å². The summed E-state index contributed by atoms with van der Waals surface area (Å²) in [5.74, 6) is -4.18. The van der Waals surface area contributed by atoms with Crippen molar-refractivity contribution in [1.29, 1.82) is 0 Å². The molecule has 0 aromatic carbocycles. The minimum Gasteiger partial charge on any atom is -0.385 e. The first kappa shape index (κ1) is 13.1. The monoisotopic (exact) mass is 262 g/mol. The fraction of sp³-hybridized carbons (Fsp3) is 0.545. The van der Waals surface area contributed by atoms with E-state index in [9.17, 15) is 18.3 Å². The minimum atomic E-state index is -1.39. The van der Waals surface area contributed by atoms with Crippen molar-refractivity contribution in [2.24, 2.45) is 0 Å². The number of hydrogen-bond donors (Lipinski definition) is 2. The summed E-state index contributed by atoms with van der Waals surface area (Å²) in [6.07, 6.45) is -0.0368. The normalized spacial score (nSPS) is 27.5. The third-order valence-electron chi connectivity index (χ3n) is 3.11. The van der Waals surface area contributed by atoms with Gasteiger partial charge >= 0.3 is 0 Å². The minimum absolute atomic E-state index is 0.0524. The molecular weight excluding hydrogens is 249 g/mol. The molecule has 2 rings (SSSR count). The quantitative estimate of drug-likeness (QED) is 0.810. The van der Waals surface area contributed by atoms with E-state index < -0.39 is 35.1 Å². The van der Waals surface area contributed by atoms with Crippen LogP contribution in [0.2, 0.25) is 0 Å². The molecule has 1 aliphatic heterocycles. The van der Waals surface area contributed by atoms with Gasteiger partial charge < -0.3 is 15.2 Å². The Bertz CT molecular complexity index is 458. The molecule has 0 saturated carbocycles. The number of hydrogen-bond acceptors (Lipinski definition) is 4. The zero-order valence-corrected chi connectivity index (χ0v) is 9.71. The van der Waals surface area contributed by atoms with E-state index in [1.165, 1.54) is 0 Å². The molecule has 0 radical (unpaired) electrons. The summed E-state index contributed by atoms with van der Waals surface area (Å²) in [4.78, 5) is 3.11. The van der Waals surface area contributed by atoms with E-state index in [4.69, 9.17) is 4.74 Å². The lowest BCUT2D eigenvalue weighted by Gasteiger charge is -2.26. The fourth-order valence-corrected chi connectivity index (χ4v) is 1.81. The summed E-state index contributed by atoms with van der Waals surface area (Å²) < 4.78 is 44.0. The van der Waals surface area contributed by atoms with Crippen LogP contribution in [0.5, 0.6) is 0 Å². The van der Waals surface area contributed by atoms with Gasteiger partial charge in [-0.05, 0) is 6.92 Å². The molecule has 0 bridgehead atoms. The van der Waals surface area contributed by atoms with E-state index in [2.05, 4.69) is 10.3 Å². The van der Waals surface area contributed by atoms with Crippen LogP contribution < -0.4 is 5.32 Å². The number of nitrogens with one attached hydrogen (secondary N) is 1. The lowest BCUT2D eigenvalue weighted by atomic mass is 9.97. The molecule has 1 aromatic rings. The number of pyridine rings is 1. The van der Waals surface area contributed by atoms with Crippen LogP contribution in [-0.2, 0) is 4.74 Å². The molecule has 2 unspecified atom stereocenters. The van der Waals surface area contributed by atoms with Gasteiger partial charge in [-0.25, -0.2) is 8.78 Å². The third-order valence-corrected chi connectivity index (χ3v) is 3.11. The summed E-state index contributed by atoms with van der Waals surface area (Å²) in [7, 11) is 0. The van der Waals surface area contributed by atoms with Crippen LogP contribution in [0, 0.1) is 17.6 Å². The van der Waals surface area contributed by atoms with E-state index in [1.807, 2.05) is 0 Å². The van der Waals surface area contributed by atoms with Gasteiger partial charge in [0.15, 0.2) is 17.5 Å². The SMILES string of the molecule is CC1OCCC1(O)CNc1nc(F)c(F)cc1F. The molecule has 2 atom stereocenters. The number of aromatic nitrogens is 1. The highest BCUT2D eigenvalue weighted by molar-refractivity contribution is 5.36. The Morgan fingerprint density at radius 3 is 2.83 bits per heavy atom. The summed E-state index contributed by atoms with van der Waals surface area (Å²) >= 11 is 0. The first-order valence-electron chi connectivity index (χ1n) is 5.52. The Labute approximate surface area is 102 Å². The van der Waals surface area contributed by atoms with Crippen LogP contribution in [0.15, 0.2) is 6.07 Å². The average Bonchev–Trinajstić information content (AvgIpc) is 2.63. The van der Waals surface area contributed by atoms with Crippen molar-refractivity contribution in [2.45, 2.75) is 25.0 Å². The van der Waals surface area contributed by atoms with Gasteiger partial charge in [0.25, 0.3) is 5.95 Å². The highest BCUT2D eigenvalue weighted by atomic mass is 19.2. The van der Waals surface area contributed by atoms with Crippen molar-refractivity contribution in [1.82, 2.24) is 4.98 Å². The van der Waals surface area contributed by atoms with Gasteiger partial charge in [-0.15, -0.1) is 0 Å². The van der Waals surface area contributed by atoms with Crippen LogP contribution in [0.3, 0.4) is 0 Å². The average molecular weight is 262 g/mol. The maximum atomic E-state index is 13.3. The molecule has 1 saturated heterocycles. The van der Waals surface area contributed by atoms with Gasteiger partial charge in [-0.3, -0.25) is 0 Å². The molecule has 1 aliphatic rings. The molecule has 18 heavy (non-hydrogen) atoms. The maximum absolute atomic E-state index is 13.3. The van der Waals surface area contributed by atoms with Crippen LogP contribution in [0.1, 0.15) is 13.3 Å². The standard InChI is InChI=1S/C11H13F3N2O2/c1-6-11(17,2-3-18-6)5-15-10-8(13)4-7(12)9(14)16-10/h4,6,17H,2-3,5H2,1H3,(H,15,16). The molecular formula is C11H13F3N2O2. The van der Waals surface area contributed by atoms with E-state index in [0.29, 0.717) is 19.1 Å². The smallest absolute Gasteiger partial charge is 0.251 e. The number of anilines is 1. The number of nitrogens with zero attached hydrogens (tertiary/aromatic N) is 1. The van der Waals surface area contributed by atoms with Crippen molar-refractivity contribution in [2.75, 3.05) is 18.5 Å². The zero-order valence-electron chi connectivity index (χ0n) is 9.71. The fourth-order valence-electron chi connectivity index (χ4n) is 1.81. The van der Waals surface area contributed by atoms with Crippen LogP contribution in [-0.4, -0.2) is 34.9 Å². The van der Waals surface area contributed by atoms with Crippen molar-refractivity contribution < 1.29 is 23.0 Å². The molecule has 7 heteroatoms. The first-order valence-corrected chi connectivity index (χ1v) is 5.52. The predicted molar refractivity (Wildman–Crippen MR) is 57.6 cm³/mol. The summed E-state index contributed by atoms with van der Waals surface area (Å²) in [5, 5.41) is 12.6. The van der Waals surface area contributed by atoms with Crippen molar-refractivity contribution in [3.8, 4) is 0 Å². The maximum Gasteiger partial charge on any atom is 0.251 e. The lowest BCUT2D eigenvalue weighted by molar-refractivity contribution is -0.0176. The van der Waals surface area contributed by atoms with Gasteiger partial charge in [0, 0.05) is 25.6 Å². The van der Waals surface area contributed by atoms with E-state index in [-0.39, 0.29) is 6.54 Å². The molecule has 2 heterocycles. The predicted octanol–water partition coefficient (Wildman–Crippen LogP) is 1.45. The van der Waals surface area contributed by atoms with Crippen molar-refractivity contribution in [3.05, 3.63) is 23.6 Å². The number of rotatable bonds is 3. The summed E-state index contributed by atoms with van der Waals surface area (Å²) in [6.45, 7) is 2.03. The van der Waals surface area contributed by atoms with Crippen LogP contribution >= 0.6 is 0 Å². The van der Waals surface area contributed by atoms with Gasteiger partial charge in [0.1, 0.15) is 5.60 Å². The number of ether oxygens (including phenoxy) is 1. The zero-order chi connectivity index (χ0) is 13.3. The molecule has 1 fully saturated rings. The molecule has 100 valence electrons. The Balaban J connectivity index is 2.09. The second-order valence-electron chi connectivity index (χ2n) is 4.31. The van der Waals surface area contributed by atoms with Crippen LogP contribution in [0.25, 0.3) is 0 Å². The molecule has 0 aliphatic carbocycles. The Hall–Kier alpha value is -1.34. The van der Waals surface area contributed by atoms with Gasteiger partial charge in [0.2, 0.25) is 0 Å². The van der Waals surface area contributed by atoms with Gasteiger partial charge in [-0.2, -0.15) is 9.37 Å².